The van der Waals surface area contributed by atoms with E-state index >= 15 is 0 Å². The monoisotopic (exact) mass is 264 g/mol. The molecule has 7 nitrogen and oxygen atoms in total. The number of rotatable bonds is 4. The summed E-state index contributed by atoms with van der Waals surface area (Å²) in [6.07, 6.45) is 0. The van der Waals surface area contributed by atoms with Gasteiger partial charge in [-0.25, -0.2) is 9.59 Å². The maximum Gasteiger partial charge on any atom is 0.341 e. The summed E-state index contributed by atoms with van der Waals surface area (Å²) in [7, 11) is 0. The summed E-state index contributed by atoms with van der Waals surface area (Å²) < 4.78 is 4.98. The Morgan fingerprint density at radius 3 is 2.42 bits per heavy atom. The largest absolute Gasteiger partial charge is 0.482 e. The van der Waals surface area contributed by atoms with Crippen molar-refractivity contribution in [3.63, 3.8) is 0 Å². The van der Waals surface area contributed by atoms with Gasteiger partial charge in [0.1, 0.15) is 11.3 Å². The molecule has 1 heterocycles. The van der Waals surface area contributed by atoms with Gasteiger partial charge in [-0.3, -0.25) is 10.1 Å². The van der Waals surface area contributed by atoms with Gasteiger partial charge in [0.05, 0.1) is 0 Å². The van der Waals surface area contributed by atoms with Crippen molar-refractivity contribution in [2.45, 2.75) is 12.5 Å². The maximum atomic E-state index is 11.7. The molecule has 1 aromatic carbocycles. The molecule has 3 N–H and O–H groups in total. The normalized spacial score (nSPS) is 21.7. The lowest BCUT2D eigenvalue weighted by atomic mass is 9.92. The number of carboxylic acid groups (broad SMARTS) is 1. The second-order valence-electron chi connectivity index (χ2n) is 4.24. The number of urea groups is 1. The van der Waals surface area contributed by atoms with Gasteiger partial charge < -0.3 is 15.2 Å². The number of ether oxygens (including phenoxy) is 1. The summed E-state index contributed by atoms with van der Waals surface area (Å²) in [5, 5.41) is 13.2. The van der Waals surface area contributed by atoms with Crippen LogP contribution in [0, 0.1) is 0 Å². The van der Waals surface area contributed by atoms with E-state index in [2.05, 4.69) is 10.6 Å². The minimum absolute atomic E-state index is 0.375. The predicted molar refractivity (Wildman–Crippen MR) is 63.6 cm³/mol. The Labute approximate surface area is 108 Å². The quantitative estimate of drug-likeness (QED) is 0.674. The minimum atomic E-state index is -1.12. The van der Waals surface area contributed by atoms with Crippen LogP contribution in [0.15, 0.2) is 24.3 Å². The van der Waals surface area contributed by atoms with E-state index < -0.39 is 30.1 Å². The van der Waals surface area contributed by atoms with Gasteiger partial charge >= 0.3 is 12.0 Å². The van der Waals surface area contributed by atoms with Gasteiger partial charge in [-0.15, -0.1) is 0 Å². The SMILES string of the molecule is C[C@@]1(c2ccc(OCC(=O)O)cc2)NC(=O)NC1=O. The molecule has 1 saturated heterocycles. The van der Waals surface area contributed by atoms with E-state index in [9.17, 15) is 14.4 Å². The molecular weight excluding hydrogens is 252 g/mol. The van der Waals surface area contributed by atoms with Crippen molar-refractivity contribution in [3.8, 4) is 5.75 Å². The van der Waals surface area contributed by atoms with Gasteiger partial charge in [0.2, 0.25) is 0 Å². The minimum Gasteiger partial charge on any atom is -0.482 e. The molecule has 2 rings (SSSR count). The highest BCUT2D eigenvalue weighted by Crippen LogP contribution is 2.26. The first-order valence-corrected chi connectivity index (χ1v) is 5.50. The fraction of sp³-hybridized carbons (Fsp3) is 0.250. The predicted octanol–water partition coefficient (Wildman–Crippen LogP) is 0.205. The van der Waals surface area contributed by atoms with Gasteiger partial charge in [0, 0.05) is 0 Å². The van der Waals surface area contributed by atoms with Crippen LogP contribution >= 0.6 is 0 Å². The Hall–Kier alpha value is -2.57. The van der Waals surface area contributed by atoms with Crippen molar-refractivity contribution in [2.24, 2.45) is 0 Å². The van der Waals surface area contributed by atoms with Crippen LogP contribution in [-0.2, 0) is 15.1 Å². The maximum absolute atomic E-state index is 11.7. The smallest absolute Gasteiger partial charge is 0.341 e. The van der Waals surface area contributed by atoms with Crippen LogP contribution in [0.5, 0.6) is 5.75 Å². The van der Waals surface area contributed by atoms with Crippen LogP contribution in [-0.4, -0.2) is 29.6 Å². The zero-order valence-electron chi connectivity index (χ0n) is 10.1. The number of nitrogens with one attached hydrogen (secondary N) is 2. The molecule has 1 atom stereocenters. The number of imide groups is 1. The highest BCUT2D eigenvalue weighted by molar-refractivity contribution is 6.07. The van der Waals surface area contributed by atoms with Gasteiger partial charge in [0.25, 0.3) is 5.91 Å². The Balaban J connectivity index is 2.16. The van der Waals surface area contributed by atoms with Crippen molar-refractivity contribution in [3.05, 3.63) is 29.8 Å². The fourth-order valence-electron chi connectivity index (χ4n) is 1.78. The molecule has 0 spiro atoms. The summed E-state index contributed by atoms with van der Waals surface area (Å²) in [6, 6.07) is 5.74. The van der Waals surface area contributed by atoms with E-state index in [1.807, 2.05) is 0 Å². The third kappa shape index (κ3) is 2.49. The molecule has 3 amide bonds. The molecule has 7 heteroatoms. The van der Waals surface area contributed by atoms with E-state index in [0.29, 0.717) is 11.3 Å². The molecule has 0 aromatic heterocycles. The molecule has 1 aromatic rings. The molecule has 1 aliphatic rings. The lowest BCUT2D eigenvalue weighted by molar-refractivity contribution is -0.139. The molecular formula is C12H12N2O5. The van der Waals surface area contributed by atoms with Crippen molar-refractivity contribution >= 4 is 17.9 Å². The average molecular weight is 264 g/mol. The number of hydrogen-bond acceptors (Lipinski definition) is 4. The number of carbonyl (C=O) groups excluding carboxylic acids is 2. The van der Waals surface area contributed by atoms with Gasteiger partial charge in [0.15, 0.2) is 6.61 Å². The number of carboxylic acids is 1. The second kappa shape index (κ2) is 4.60. The van der Waals surface area contributed by atoms with Gasteiger partial charge in [-0.2, -0.15) is 0 Å². The third-order valence-electron chi connectivity index (χ3n) is 2.84. The Morgan fingerprint density at radius 1 is 1.32 bits per heavy atom. The van der Waals surface area contributed by atoms with E-state index in [0.717, 1.165) is 0 Å². The van der Waals surface area contributed by atoms with E-state index in [1.54, 1.807) is 31.2 Å². The number of benzene rings is 1. The number of aliphatic carboxylic acids is 1. The molecule has 0 aliphatic carbocycles. The number of hydrogen-bond donors (Lipinski definition) is 3. The van der Waals surface area contributed by atoms with Crippen LogP contribution in [0.25, 0.3) is 0 Å². The summed E-state index contributed by atoms with van der Waals surface area (Å²) in [4.78, 5) is 33.2. The van der Waals surface area contributed by atoms with Crippen molar-refractivity contribution in [2.75, 3.05) is 6.61 Å². The lowest BCUT2D eigenvalue weighted by Gasteiger charge is -2.21. The van der Waals surface area contributed by atoms with Crippen molar-refractivity contribution < 1.29 is 24.2 Å². The van der Waals surface area contributed by atoms with E-state index in [4.69, 9.17) is 9.84 Å². The lowest BCUT2D eigenvalue weighted by Crippen LogP contribution is -2.40. The van der Waals surface area contributed by atoms with Crippen LogP contribution in [0.4, 0.5) is 4.79 Å². The van der Waals surface area contributed by atoms with Crippen molar-refractivity contribution in [1.29, 1.82) is 0 Å². The van der Waals surface area contributed by atoms with Crippen LogP contribution in [0.1, 0.15) is 12.5 Å². The third-order valence-corrected chi connectivity index (χ3v) is 2.84. The molecule has 19 heavy (non-hydrogen) atoms. The highest BCUT2D eigenvalue weighted by Gasteiger charge is 2.43. The average Bonchev–Trinajstić information content (AvgIpc) is 2.62. The standard InChI is InChI=1S/C12H12N2O5/c1-12(10(17)13-11(18)14-12)7-2-4-8(5-3-7)19-6-9(15)16/h2-5H,6H2,1H3,(H,15,16)(H2,13,14,17,18)/t12-/m0/s1. The topological polar surface area (TPSA) is 105 Å². The first-order valence-electron chi connectivity index (χ1n) is 5.50. The summed E-state index contributed by atoms with van der Waals surface area (Å²) >= 11 is 0. The molecule has 1 fully saturated rings. The molecule has 0 saturated carbocycles. The summed E-state index contributed by atoms with van der Waals surface area (Å²) in [5.74, 6) is -1.13. The van der Waals surface area contributed by atoms with Crippen molar-refractivity contribution in [1.82, 2.24) is 10.6 Å². The zero-order valence-corrected chi connectivity index (χ0v) is 10.1. The van der Waals surface area contributed by atoms with Crippen LogP contribution in [0.2, 0.25) is 0 Å². The summed E-state index contributed by atoms with van der Waals surface area (Å²) in [6.45, 7) is 1.15. The molecule has 1 aliphatic heterocycles. The number of carbonyl (C=O) groups is 3. The zero-order chi connectivity index (χ0) is 14.0. The molecule has 100 valence electrons. The molecule has 0 unspecified atom stereocenters. The molecule has 0 bridgehead atoms. The first-order chi connectivity index (χ1) is 8.91. The second-order valence-corrected chi connectivity index (χ2v) is 4.24. The fourth-order valence-corrected chi connectivity index (χ4v) is 1.78. The molecule has 0 radical (unpaired) electrons. The van der Waals surface area contributed by atoms with Gasteiger partial charge in [-0.1, -0.05) is 12.1 Å². The van der Waals surface area contributed by atoms with Crippen LogP contribution in [0.3, 0.4) is 0 Å². The Kier molecular flexibility index (Phi) is 3.12. The van der Waals surface area contributed by atoms with Crippen LogP contribution < -0.4 is 15.4 Å². The highest BCUT2D eigenvalue weighted by atomic mass is 16.5. The van der Waals surface area contributed by atoms with E-state index in [1.165, 1.54) is 0 Å². The number of amides is 3. The van der Waals surface area contributed by atoms with Gasteiger partial charge in [-0.05, 0) is 24.6 Å². The summed E-state index contributed by atoms with van der Waals surface area (Å²) in [5.41, 5.74) is -0.541. The Bertz CT molecular complexity index is 540. The van der Waals surface area contributed by atoms with E-state index in [-0.39, 0.29) is 0 Å². The first kappa shape index (κ1) is 12.9. The Morgan fingerprint density at radius 2 is 1.95 bits per heavy atom.